The largest absolute Gasteiger partial charge is 0.352 e. The van der Waals surface area contributed by atoms with Crippen LogP contribution >= 0.6 is 0 Å². The molecule has 0 bridgehead atoms. The van der Waals surface area contributed by atoms with Crippen LogP contribution in [-0.4, -0.2) is 47.1 Å². The molecule has 180 valence electrons. The first kappa shape index (κ1) is 23.2. The van der Waals surface area contributed by atoms with Gasteiger partial charge in [0.15, 0.2) is 15.5 Å². The molecule has 2 aromatic heterocycles. The van der Waals surface area contributed by atoms with E-state index in [0.717, 1.165) is 11.1 Å². The number of carbonyl (C=O) groups is 1. The van der Waals surface area contributed by atoms with E-state index < -0.39 is 9.84 Å². The molecule has 1 amide bonds. The zero-order valence-corrected chi connectivity index (χ0v) is 20.1. The number of aryl methyl sites for hydroxylation is 1. The molecule has 0 aliphatic carbocycles. The molecule has 1 fully saturated rings. The fourth-order valence-corrected chi connectivity index (χ4v) is 6.23. The second-order valence-electron chi connectivity index (χ2n) is 8.84. The van der Waals surface area contributed by atoms with Gasteiger partial charge >= 0.3 is 0 Å². The number of fused-ring (bicyclic) bond motifs is 1. The lowest BCUT2D eigenvalue weighted by Gasteiger charge is -2.12. The predicted octanol–water partition coefficient (Wildman–Crippen LogP) is 3.88. The van der Waals surface area contributed by atoms with Gasteiger partial charge in [-0.3, -0.25) is 4.79 Å². The SMILES string of the molecule is Cc1nn(C2CCS(=O)(=O)C2)c2nc(-c3ccccc3)cc(C(=O)NCCc3ccc(F)cc3)c12. The van der Waals surface area contributed by atoms with E-state index >= 15 is 0 Å². The van der Waals surface area contributed by atoms with Crippen LogP contribution in [0.1, 0.15) is 34.1 Å². The van der Waals surface area contributed by atoms with E-state index in [-0.39, 0.29) is 29.3 Å². The number of hydrogen-bond donors (Lipinski definition) is 1. The van der Waals surface area contributed by atoms with Crippen LogP contribution in [0.4, 0.5) is 4.39 Å². The maximum atomic E-state index is 13.3. The van der Waals surface area contributed by atoms with Gasteiger partial charge in [-0.05, 0) is 43.5 Å². The molecule has 0 spiro atoms. The van der Waals surface area contributed by atoms with Gasteiger partial charge in [-0.1, -0.05) is 42.5 Å². The van der Waals surface area contributed by atoms with Gasteiger partial charge in [-0.2, -0.15) is 5.10 Å². The van der Waals surface area contributed by atoms with E-state index in [1.807, 2.05) is 30.3 Å². The van der Waals surface area contributed by atoms with Crippen LogP contribution in [0.15, 0.2) is 60.7 Å². The van der Waals surface area contributed by atoms with Crippen molar-refractivity contribution in [3.8, 4) is 11.3 Å². The van der Waals surface area contributed by atoms with Crippen LogP contribution in [0, 0.1) is 12.7 Å². The monoisotopic (exact) mass is 492 g/mol. The highest BCUT2D eigenvalue weighted by Crippen LogP contribution is 2.32. The summed E-state index contributed by atoms with van der Waals surface area (Å²) in [5.41, 5.74) is 3.96. The van der Waals surface area contributed by atoms with Crippen LogP contribution in [0.5, 0.6) is 0 Å². The summed E-state index contributed by atoms with van der Waals surface area (Å²) in [6, 6.07) is 17.2. The summed E-state index contributed by atoms with van der Waals surface area (Å²) >= 11 is 0. The number of carbonyl (C=O) groups excluding carboxylic acids is 1. The number of rotatable bonds is 6. The number of sulfone groups is 1. The predicted molar refractivity (Wildman–Crippen MR) is 132 cm³/mol. The van der Waals surface area contributed by atoms with Gasteiger partial charge in [0.25, 0.3) is 5.91 Å². The molecule has 9 heteroatoms. The highest BCUT2D eigenvalue weighted by Gasteiger charge is 2.32. The van der Waals surface area contributed by atoms with E-state index in [4.69, 9.17) is 4.98 Å². The van der Waals surface area contributed by atoms with E-state index in [1.165, 1.54) is 12.1 Å². The number of amides is 1. The van der Waals surface area contributed by atoms with E-state index in [9.17, 15) is 17.6 Å². The van der Waals surface area contributed by atoms with Crippen LogP contribution in [0.25, 0.3) is 22.3 Å². The number of halogens is 1. The number of pyridine rings is 1. The summed E-state index contributed by atoms with van der Waals surface area (Å²) in [6.07, 6.45) is 1.03. The third kappa shape index (κ3) is 4.81. The average molecular weight is 493 g/mol. The van der Waals surface area contributed by atoms with Gasteiger partial charge in [-0.15, -0.1) is 0 Å². The zero-order chi connectivity index (χ0) is 24.6. The molecule has 7 nitrogen and oxygen atoms in total. The lowest BCUT2D eigenvalue weighted by Crippen LogP contribution is -2.26. The summed E-state index contributed by atoms with van der Waals surface area (Å²) < 4.78 is 39.1. The van der Waals surface area contributed by atoms with Gasteiger partial charge in [0.05, 0.1) is 39.9 Å². The van der Waals surface area contributed by atoms with Crippen molar-refractivity contribution in [1.29, 1.82) is 0 Å². The first-order chi connectivity index (χ1) is 16.8. The quantitative estimate of drug-likeness (QED) is 0.441. The molecule has 0 saturated carbocycles. The Bertz CT molecular complexity index is 1500. The molecule has 0 radical (unpaired) electrons. The lowest BCUT2D eigenvalue weighted by atomic mass is 10.0. The van der Waals surface area contributed by atoms with Gasteiger partial charge in [0.1, 0.15) is 5.82 Å². The Hall–Kier alpha value is -3.59. The minimum Gasteiger partial charge on any atom is -0.352 e. The Kier molecular flexibility index (Phi) is 6.10. The smallest absolute Gasteiger partial charge is 0.252 e. The zero-order valence-electron chi connectivity index (χ0n) is 19.2. The van der Waals surface area contributed by atoms with Crippen molar-refractivity contribution in [2.45, 2.75) is 25.8 Å². The summed E-state index contributed by atoms with van der Waals surface area (Å²) in [5.74, 6) is -0.432. The molecule has 35 heavy (non-hydrogen) atoms. The minimum absolute atomic E-state index is 0.0136. The van der Waals surface area contributed by atoms with Gasteiger partial charge < -0.3 is 5.32 Å². The van der Waals surface area contributed by atoms with Crippen molar-refractivity contribution in [1.82, 2.24) is 20.1 Å². The lowest BCUT2D eigenvalue weighted by molar-refractivity contribution is 0.0955. The number of hydrogen-bond acceptors (Lipinski definition) is 5. The molecule has 1 saturated heterocycles. The topological polar surface area (TPSA) is 93.9 Å². The first-order valence-electron chi connectivity index (χ1n) is 11.5. The number of nitrogens with zero attached hydrogens (tertiary/aromatic N) is 3. The van der Waals surface area contributed by atoms with E-state index in [2.05, 4.69) is 10.4 Å². The molecular formula is C26H25FN4O3S. The van der Waals surface area contributed by atoms with Gasteiger partial charge in [0.2, 0.25) is 0 Å². The highest BCUT2D eigenvalue weighted by atomic mass is 32.2. The summed E-state index contributed by atoms with van der Waals surface area (Å²) in [4.78, 5) is 18.2. The molecule has 1 N–H and O–H groups in total. The molecule has 5 rings (SSSR count). The van der Waals surface area contributed by atoms with Crippen molar-refractivity contribution in [3.05, 3.63) is 83.3 Å². The Morgan fingerprint density at radius 2 is 1.89 bits per heavy atom. The molecule has 2 aromatic carbocycles. The Morgan fingerprint density at radius 1 is 1.14 bits per heavy atom. The second-order valence-corrected chi connectivity index (χ2v) is 11.1. The maximum absolute atomic E-state index is 13.3. The fraction of sp³-hybridized carbons (Fsp3) is 0.269. The van der Waals surface area contributed by atoms with Crippen LogP contribution in [-0.2, 0) is 16.3 Å². The second kappa shape index (κ2) is 9.22. The molecule has 4 aromatic rings. The fourth-order valence-electron chi connectivity index (χ4n) is 4.54. The number of aromatic nitrogens is 3. The molecule has 1 atom stereocenters. The Morgan fingerprint density at radius 3 is 2.57 bits per heavy atom. The summed E-state index contributed by atoms with van der Waals surface area (Å²) in [6.45, 7) is 2.18. The van der Waals surface area contributed by atoms with Crippen molar-refractivity contribution < 1.29 is 17.6 Å². The van der Waals surface area contributed by atoms with Gasteiger partial charge in [-0.25, -0.2) is 22.5 Å². The Labute approximate surface area is 202 Å². The summed E-state index contributed by atoms with van der Waals surface area (Å²) in [7, 11) is -3.12. The van der Waals surface area contributed by atoms with Crippen LogP contribution in [0.3, 0.4) is 0 Å². The molecule has 1 unspecified atom stereocenters. The van der Waals surface area contributed by atoms with E-state index in [0.29, 0.717) is 47.4 Å². The average Bonchev–Trinajstić information content (AvgIpc) is 3.39. The molecular weight excluding hydrogens is 467 g/mol. The number of nitrogens with one attached hydrogen (secondary N) is 1. The van der Waals surface area contributed by atoms with Crippen molar-refractivity contribution in [2.24, 2.45) is 0 Å². The Balaban J connectivity index is 1.52. The van der Waals surface area contributed by atoms with Crippen LogP contribution < -0.4 is 5.32 Å². The molecule has 1 aliphatic rings. The maximum Gasteiger partial charge on any atom is 0.252 e. The van der Waals surface area contributed by atoms with Crippen molar-refractivity contribution in [2.75, 3.05) is 18.1 Å². The third-order valence-corrected chi connectivity index (χ3v) is 8.07. The first-order valence-corrected chi connectivity index (χ1v) is 13.3. The third-order valence-electron chi connectivity index (χ3n) is 6.32. The molecule has 1 aliphatic heterocycles. The van der Waals surface area contributed by atoms with Crippen molar-refractivity contribution in [3.63, 3.8) is 0 Å². The summed E-state index contributed by atoms with van der Waals surface area (Å²) in [5, 5.41) is 8.20. The van der Waals surface area contributed by atoms with E-state index in [1.54, 1.807) is 29.8 Å². The van der Waals surface area contributed by atoms with Crippen LogP contribution in [0.2, 0.25) is 0 Å². The van der Waals surface area contributed by atoms with Gasteiger partial charge in [0, 0.05) is 12.1 Å². The normalized spacial score (nSPS) is 17.0. The molecule has 3 heterocycles. The minimum atomic E-state index is -3.12. The standard InChI is InChI=1S/C26H25FN4O3S/c1-17-24-22(26(32)28-13-11-18-7-9-20(27)10-8-18)15-23(19-5-3-2-4-6-19)29-25(24)31(30-17)21-12-14-35(33,34)16-21/h2-10,15,21H,11-14,16H2,1H3,(H,28,32). The highest BCUT2D eigenvalue weighted by molar-refractivity contribution is 7.91. The van der Waals surface area contributed by atoms with Crippen molar-refractivity contribution >= 4 is 26.8 Å². The number of benzene rings is 2.